The fourth-order valence-corrected chi connectivity index (χ4v) is 3.22. The molecule has 1 amide bonds. The largest absolute Gasteiger partial charge is 0.484 e. The molecule has 0 radical (unpaired) electrons. The van der Waals surface area contributed by atoms with E-state index >= 15 is 0 Å². The minimum Gasteiger partial charge on any atom is -0.484 e. The zero-order valence-electron chi connectivity index (χ0n) is 15.2. The number of carbonyl (C=O) groups is 1. The number of amides is 1. The molecular formula is C20H20ClN5O2. The van der Waals surface area contributed by atoms with Crippen molar-refractivity contribution < 1.29 is 9.53 Å². The molecule has 144 valence electrons. The van der Waals surface area contributed by atoms with Crippen LogP contribution >= 0.6 is 11.6 Å². The number of halogens is 1. The SMILES string of the molecule is O=C(COc1ccc(Cl)cc1)N1CCN(c2cc(-n3cccc3)ncn2)CC1. The number of anilines is 1. The van der Waals surface area contributed by atoms with Crippen molar-refractivity contribution in [1.29, 1.82) is 0 Å². The van der Waals surface area contributed by atoms with Crippen molar-refractivity contribution in [2.75, 3.05) is 37.7 Å². The summed E-state index contributed by atoms with van der Waals surface area (Å²) in [6.45, 7) is 2.72. The average Bonchev–Trinajstić information content (AvgIpc) is 3.28. The summed E-state index contributed by atoms with van der Waals surface area (Å²) in [6.07, 6.45) is 5.47. The molecule has 1 fully saturated rings. The summed E-state index contributed by atoms with van der Waals surface area (Å²) in [5, 5.41) is 0.638. The molecule has 1 aliphatic heterocycles. The maximum absolute atomic E-state index is 12.4. The molecular weight excluding hydrogens is 378 g/mol. The number of hydrogen-bond donors (Lipinski definition) is 0. The summed E-state index contributed by atoms with van der Waals surface area (Å²) in [5.74, 6) is 2.30. The second-order valence-electron chi connectivity index (χ2n) is 6.44. The van der Waals surface area contributed by atoms with Crippen molar-refractivity contribution >= 4 is 23.3 Å². The van der Waals surface area contributed by atoms with E-state index in [1.807, 2.05) is 40.1 Å². The Balaban J connectivity index is 1.31. The maximum atomic E-state index is 12.4. The van der Waals surface area contributed by atoms with Gasteiger partial charge in [0.15, 0.2) is 6.61 Å². The highest BCUT2D eigenvalue weighted by molar-refractivity contribution is 6.30. The molecule has 0 saturated carbocycles. The van der Waals surface area contributed by atoms with Crippen molar-refractivity contribution in [2.24, 2.45) is 0 Å². The molecule has 1 saturated heterocycles. The van der Waals surface area contributed by atoms with E-state index in [0.29, 0.717) is 23.9 Å². The van der Waals surface area contributed by atoms with Crippen LogP contribution in [0, 0.1) is 0 Å². The van der Waals surface area contributed by atoms with E-state index in [-0.39, 0.29) is 12.5 Å². The number of hydrogen-bond acceptors (Lipinski definition) is 5. The van der Waals surface area contributed by atoms with Gasteiger partial charge in [0, 0.05) is 49.7 Å². The Morgan fingerprint density at radius 1 is 1.00 bits per heavy atom. The monoisotopic (exact) mass is 397 g/mol. The predicted octanol–water partition coefficient (Wildman–Crippen LogP) is 2.65. The van der Waals surface area contributed by atoms with Crippen molar-refractivity contribution in [3.63, 3.8) is 0 Å². The third-order valence-electron chi connectivity index (χ3n) is 4.64. The van der Waals surface area contributed by atoms with Gasteiger partial charge in [-0.05, 0) is 36.4 Å². The molecule has 2 aromatic heterocycles. The van der Waals surface area contributed by atoms with Gasteiger partial charge < -0.3 is 19.1 Å². The summed E-state index contributed by atoms with van der Waals surface area (Å²) in [4.78, 5) is 25.1. The molecule has 0 N–H and O–H groups in total. The first kappa shape index (κ1) is 18.3. The first-order valence-corrected chi connectivity index (χ1v) is 9.43. The average molecular weight is 398 g/mol. The summed E-state index contributed by atoms with van der Waals surface area (Å²) < 4.78 is 7.50. The van der Waals surface area contributed by atoms with Crippen molar-refractivity contribution in [3.05, 3.63) is 66.2 Å². The Kier molecular flexibility index (Phi) is 5.43. The first-order chi connectivity index (χ1) is 13.7. The third-order valence-corrected chi connectivity index (χ3v) is 4.89. The van der Waals surface area contributed by atoms with Crippen molar-refractivity contribution in [2.45, 2.75) is 0 Å². The van der Waals surface area contributed by atoms with Crippen LogP contribution < -0.4 is 9.64 Å². The number of piperazine rings is 1. The van der Waals surface area contributed by atoms with Gasteiger partial charge in [-0.1, -0.05) is 11.6 Å². The molecule has 1 aromatic carbocycles. The van der Waals surface area contributed by atoms with Gasteiger partial charge in [-0.15, -0.1) is 0 Å². The normalized spacial score (nSPS) is 14.2. The fraction of sp³-hybridized carbons (Fsp3) is 0.250. The van der Waals surface area contributed by atoms with Gasteiger partial charge in [0.1, 0.15) is 23.7 Å². The van der Waals surface area contributed by atoms with E-state index in [0.717, 1.165) is 24.7 Å². The van der Waals surface area contributed by atoms with E-state index in [1.54, 1.807) is 30.6 Å². The summed E-state index contributed by atoms with van der Waals surface area (Å²) in [6, 6.07) is 12.9. The Hall–Kier alpha value is -3.06. The van der Waals surface area contributed by atoms with Gasteiger partial charge in [-0.3, -0.25) is 4.79 Å². The summed E-state index contributed by atoms with van der Waals surface area (Å²) in [7, 11) is 0. The maximum Gasteiger partial charge on any atom is 0.260 e. The van der Waals surface area contributed by atoms with Crippen molar-refractivity contribution in [1.82, 2.24) is 19.4 Å². The Labute approximate surface area is 168 Å². The van der Waals surface area contributed by atoms with Crippen LogP contribution in [0.25, 0.3) is 5.82 Å². The summed E-state index contributed by atoms with van der Waals surface area (Å²) in [5.41, 5.74) is 0. The van der Waals surface area contributed by atoms with Crippen LogP contribution in [0.3, 0.4) is 0 Å². The van der Waals surface area contributed by atoms with Crippen LogP contribution in [0.2, 0.25) is 5.02 Å². The van der Waals surface area contributed by atoms with E-state index < -0.39 is 0 Å². The molecule has 4 rings (SSSR count). The molecule has 0 unspecified atom stereocenters. The molecule has 3 heterocycles. The Morgan fingerprint density at radius 2 is 1.68 bits per heavy atom. The molecule has 0 aliphatic carbocycles. The number of rotatable bonds is 5. The van der Waals surface area contributed by atoms with E-state index in [1.165, 1.54) is 0 Å². The molecule has 7 nitrogen and oxygen atoms in total. The molecule has 3 aromatic rings. The predicted molar refractivity (Wildman–Crippen MR) is 107 cm³/mol. The lowest BCUT2D eigenvalue weighted by atomic mass is 10.3. The number of nitrogens with zero attached hydrogens (tertiary/aromatic N) is 5. The highest BCUT2D eigenvalue weighted by Gasteiger charge is 2.22. The van der Waals surface area contributed by atoms with Crippen LogP contribution in [0.5, 0.6) is 5.75 Å². The minimum absolute atomic E-state index is 0.0208. The molecule has 8 heteroatoms. The zero-order chi connectivity index (χ0) is 19.3. The smallest absolute Gasteiger partial charge is 0.260 e. The highest BCUT2D eigenvalue weighted by Crippen LogP contribution is 2.17. The standard InChI is InChI=1S/C20H20ClN5O2/c21-16-3-5-17(6-4-16)28-14-20(27)26-11-9-25(10-12-26)19-13-18(22-15-23-19)24-7-1-2-8-24/h1-8,13,15H,9-12,14H2. The highest BCUT2D eigenvalue weighted by atomic mass is 35.5. The van der Waals surface area contributed by atoms with Crippen LogP contribution in [-0.4, -0.2) is 58.1 Å². The number of carbonyl (C=O) groups excluding carboxylic acids is 1. The molecule has 0 bridgehead atoms. The van der Waals surface area contributed by atoms with Gasteiger partial charge >= 0.3 is 0 Å². The number of aromatic nitrogens is 3. The number of benzene rings is 1. The van der Waals surface area contributed by atoms with Crippen LogP contribution in [0.1, 0.15) is 0 Å². The lowest BCUT2D eigenvalue weighted by Gasteiger charge is -2.35. The van der Waals surface area contributed by atoms with Gasteiger partial charge in [0.25, 0.3) is 5.91 Å². The van der Waals surface area contributed by atoms with Gasteiger partial charge in [-0.25, -0.2) is 9.97 Å². The number of ether oxygens (including phenoxy) is 1. The molecule has 0 atom stereocenters. The van der Waals surface area contributed by atoms with E-state index in [2.05, 4.69) is 14.9 Å². The first-order valence-electron chi connectivity index (χ1n) is 9.05. The third kappa shape index (κ3) is 4.26. The molecule has 28 heavy (non-hydrogen) atoms. The minimum atomic E-state index is -0.0229. The van der Waals surface area contributed by atoms with E-state index in [9.17, 15) is 4.79 Å². The van der Waals surface area contributed by atoms with Gasteiger partial charge in [0.05, 0.1) is 0 Å². The van der Waals surface area contributed by atoms with E-state index in [4.69, 9.17) is 16.3 Å². The van der Waals surface area contributed by atoms with Crippen LogP contribution in [0.4, 0.5) is 5.82 Å². The Bertz CT molecular complexity index is 922. The fourth-order valence-electron chi connectivity index (χ4n) is 3.09. The van der Waals surface area contributed by atoms with Gasteiger partial charge in [-0.2, -0.15) is 0 Å². The van der Waals surface area contributed by atoms with Crippen LogP contribution in [-0.2, 0) is 4.79 Å². The summed E-state index contributed by atoms with van der Waals surface area (Å²) >= 11 is 5.85. The lowest BCUT2D eigenvalue weighted by Crippen LogP contribution is -2.50. The van der Waals surface area contributed by atoms with Crippen molar-refractivity contribution in [3.8, 4) is 11.6 Å². The quantitative estimate of drug-likeness (QED) is 0.662. The molecule has 0 spiro atoms. The molecule has 1 aliphatic rings. The van der Waals surface area contributed by atoms with Gasteiger partial charge in [0.2, 0.25) is 0 Å². The topological polar surface area (TPSA) is 63.5 Å². The van der Waals surface area contributed by atoms with Crippen LogP contribution in [0.15, 0.2) is 61.2 Å². The lowest BCUT2D eigenvalue weighted by molar-refractivity contribution is -0.133. The second-order valence-corrected chi connectivity index (χ2v) is 6.87. The Morgan fingerprint density at radius 3 is 2.39 bits per heavy atom. The zero-order valence-corrected chi connectivity index (χ0v) is 16.0. The second kappa shape index (κ2) is 8.31.